The van der Waals surface area contributed by atoms with Gasteiger partial charge in [-0.05, 0) is 63.7 Å². The SMILES string of the molecule is CCNC(=NCc1ccc(C)cc1OC)NCC1CCN(Cc2csc(CC)n2)CC1. The minimum Gasteiger partial charge on any atom is -0.496 e. The van der Waals surface area contributed by atoms with E-state index in [2.05, 4.69) is 59.9 Å². The third-order valence-corrected chi connectivity index (χ3v) is 6.79. The minimum atomic E-state index is 0.602. The fraction of sp³-hybridized carbons (Fsp3) is 0.583. The second-order valence-electron chi connectivity index (χ2n) is 8.20. The second-order valence-corrected chi connectivity index (χ2v) is 9.14. The maximum atomic E-state index is 5.52. The fourth-order valence-corrected chi connectivity index (χ4v) is 4.63. The molecule has 1 aliphatic heterocycles. The van der Waals surface area contributed by atoms with Crippen molar-refractivity contribution in [2.24, 2.45) is 10.9 Å². The molecule has 3 rings (SSSR count). The zero-order chi connectivity index (χ0) is 22.1. The summed E-state index contributed by atoms with van der Waals surface area (Å²) in [5, 5.41) is 10.4. The maximum absolute atomic E-state index is 5.52. The number of nitrogens with one attached hydrogen (secondary N) is 2. The Morgan fingerprint density at radius 2 is 2.06 bits per heavy atom. The lowest BCUT2D eigenvalue weighted by Crippen LogP contribution is -2.42. The molecule has 0 aliphatic carbocycles. The Kier molecular flexibility index (Phi) is 9.15. The van der Waals surface area contributed by atoms with Gasteiger partial charge in [0, 0.05) is 30.6 Å². The van der Waals surface area contributed by atoms with Crippen molar-refractivity contribution >= 4 is 17.3 Å². The maximum Gasteiger partial charge on any atom is 0.191 e. The third kappa shape index (κ3) is 7.21. The van der Waals surface area contributed by atoms with Crippen LogP contribution in [0.2, 0.25) is 0 Å². The molecule has 1 aliphatic rings. The van der Waals surface area contributed by atoms with Crippen molar-refractivity contribution in [3.8, 4) is 5.75 Å². The number of hydrogen-bond acceptors (Lipinski definition) is 5. The predicted molar refractivity (Wildman–Crippen MR) is 130 cm³/mol. The highest BCUT2D eigenvalue weighted by Crippen LogP contribution is 2.21. The molecule has 1 aromatic carbocycles. The Morgan fingerprint density at radius 3 is 2.74 bits per heavy atom. The molecule has 170 valence electrons. The smallest absolute Gasteiger partial charge is 0.191 e. The molecule has 2 heterocycles. The summed E-state index contributed by atoms with van der Waals surface area (Å²) in [6.07, 6.45) is 3.46. The van der Waals surface area contributed by atoms with E-state index >= 15 is 0 Å². The standard InChI is InChI=1S/C24H37N5OS/c1-5-23-28-21(17-31-23)16-29-11-9-19(10-12-29)14-26-24(25-6-2)27-15-20-8-7-18(3)13-22(20)30-4/h7-8,13,17,19H,5-6,9-12,14-16H2,1-4H3,(H2,25,26,27). The van der Waals surface area contributed by atoms with E-state index in [-0.39, 0.29) is 0 Å². The molecule has 0 spiro atoms. The minimum absolute atomic E-state index is 0.602. The van der Waals surface area contributed by atoms with Crippen LogP contribution in [0, 0.1) is 12.8 Å². The van der Waals surface area contributed by atoms with E-state index in [0.29, 0.717) is 12.5 Å². The Bertz CT molecular complexity index is 842. The van der Waals surface area contributed by atoms with Crippen molar-refractivity contribution in [1.29, 1.82) is 0 Å². The topological polar surface area (TPSA) is 61.8 Å². The Hall–Kier alpha value is -2.12. The number of benzene rings is 1. The van der Waals surface area contributed by atoms with Crippen LogP contribution in [0.5, 0.6) is 5.75 Å². The highest BCUT2D eigenvalue weighted by molar-refractivity contribution is 7.09. The molecule has 0 unspecified atom stereocenters. The van der Waals surface area contributed by atoms with Crippen LogP contribution in [-0.4, -0.2) is 49.1 Å². The van der Waals surface area contributed by atoms with Crippen LogP contribution in [0.1, 0.15) is 48.5 Å². The first kappa shape index (κ1) is 23.5. The van der Waals surface area contributed by atoms with Crippen LogP contribution < -0.4 is 15.4 Å². The molecular weight excluding hydrogens is 406 g/mol. The normalized spacial score (nSPS) is 15.8. The van der Waals surface area contributed by atoms with Gasteiger partial charge in [0.05, 0.1) is 24.4 Å². The molecular formula is C24H37N5OS. The van der Waals surface area contributed by atoms with E-state index in [1.807, 2.05) is 0 Å². The summed E-state index contributed by atoms with van der Waals surface area (Å²) in [5.74, 6) is 2.45. The van der Waals surface area contributed by atoms with Crippen LogP contribution in [0.25, 0.3) is 0 Å². The monoisotopic (exact) mass is 443 g/mol. The zero-order valence-electron chi connectivity index (χ0n) is 19.4. The molecule has 1 aromatic heterocycles. The lowest BCUT2D eigenvalue weighted by atomic mass is 9.97. The molecule has 2 N–H and O–H groups in total. The Labute approximate surface area is 191 Å². The van der Waals surface area contributed by atoms with Crippen LogP contribution >= 0.6 is 11.3 Å². The summed E-state index contributed by atoms with van der Waals surface area (Å²) < 4.78 is 5.52. The molecule has 6 nitrogen and oxygen atoms in total. The van der Waals surface area contributed by atoms with Crippen molar-refractivity contribution in [2.45, 2.75) is 53.1 Å². The molecule has 1 saturated heterocycles. The summed E-state index contributed by atoms with van der Waals surface area (Å²) in [6, 6.07) is 6.27. The molecule has 0 bridgehead atoms. The largest absolute Gasteiger partial charge is 0.496 e. The van der Waals surface area contributed by atoms with Gasteiger partial charge in [-0.2, -0.15) is 0 Å². The van der Waals surface area contributed by atoms with Crippen LogP contribution in [0.3, 0.4) is 0 Å². The van der Waals surface area contributed by atoms with Gasteiger partial charge < -0.3 is 15.4 Å². The number of hydrogen-bond donors (Lipinski definition) is 2. The van der Waals surface area contributed by atoms with E-state index in [9.17, 15) is 0 Å². The van der Waals surface area contributed by atoms with E-state index in [1.54, 1.807) is 18.4 Å². The summed E-state index contributed by atoms with van der Waals surface area (Å²) in [5.41, 5.74) is 3.53. The Morgan fingerprint density at radius 1 is 1.26 bits per heavy atom. The molecule has 31 heavy (non-hydrogen) atoms. The first-order valence-corrected chi connectivity index (χ1v) is 12.3. The van der Waals surface area contributed by atoms with Crippen LogP contribution in [0.4, 0.5) is 0 Å². The highest BCUT2D eigenvalue weighted by Gasteiger charge is 2.20. The van der Waals surface area contributed by atoms with Gasteiger partial charge >= 0.3 is 0 Å². The van der Waals surface area contributed by atoms with Crippen molar-refractivity contribution < 1.29 is 4.74 Å². The Balaban J connectivity index is 1.46. The number of thiazole rings is 1. The first-order chi connectivity index (χ1) is 15.1. The van der Waals surface area contributed by atoms with Gasteiger partial charge in [-0.3, -0.25) is 4.90 Å². The quantitative estimate of drug-likeness (QED) is 0.453. The number of nitrogens with zero attached hydrogens (tertiary/aromatic N) is 3. The van der Waals surface area contributed by atoms with Crippen molar-refractivity contribution in [2.75, 3.05) is 33.3 Å². The van der Waals surface area contributed by atoms with Gasteiger partial charge in [0.25, 0.3) is 0 Å². The molecule has 0 amide bonds. The fourth-order valence-electron chi connectivity index (χ4n) is 3.89. The van der Waals surface area contributed by atoms with E-state index in [1.165, 1.54) is 29.1 Å². The lowest BCUT2D eigenvalue weighted by molar-refractivity contribution is 0.176. The van der Waals surface area contributed by atoms with Gasteiger partial charge in [0.1, 0.15) is 5.75 Å². The van der Waals surface area contributed by atoms with Gasteiger partial charge in [0.2, 0.25) is 0 Å². The van der Waals surface area contributed by atoms with E-state index in [4.69, 9.17) is 14.7 Å². The molecule has 7 heteroatoms. The third-order valence-electron chi connectivity index (χ3n) is 5.75. The summed E-state index contributed by atoms with van der Waals surface area (Å²) in [7, 11) is 1.72. The van der Waals surface area contributed by atoms with E-state index in [0.717, 1.165) is 56.4 Å². The van der Waals surface area contributed by atoms with Gasteiger partial charge in [-0.15, -0.1) is 11.3 Å². The van der Waals surface area contributed by atoms with E-state index < -0.39 is 0 Å². The van der Waals surface area contributed by atoms with Crippen molar-refractivity contribution in [3.05, 3.63) is 45.4 Å². The average molecular weight is 444 g/mol. The summed E-state index contributed by atoms with van der Waals surface area (Å²) in [4.78, 5) is 12.0. The number of aromatic nitrogens is 1. The van der Waals surface area contributed by atoms with Crippen LogP contribution in [0.15, 0.2) is 28.6 Å². The predicted octanol–water partition coefficient (Wildman–Crippen LogP) is 3.99. The zero-order valence-corrected chi connectivity index (χ0v) is 20.2. The number of aliphatic imine (C=N–C) groups is 1. The number of rotatable bonds is 9. The number of ether oxygens (including phenoxy) is 1. The number of piperidine rings is 1. The molecule has 0 saturated carbocycles. The van der Waals surface area contributed by atoms with Gasteiger partial charge in [-0.1, -0.05) is 19.1 Å². The summed E-state index contributed by atoms with van der Waals surface area (Å²) >= 11 is 1.78. The number of methoxy groups -OCH3 is 1. The molecule has 0 atom stereocenters. The van der Waals surface area contributed by atoms with Crippen molar-refractivity contribution in [1.82, 2.24) is 20.5 Å². The number of guanidine groups is 1. The molecule has 2 aromatic rings. The van der Waals surface area contributed by atoms with Gasteiger partial charge in [0.15, 0.2) is 5.96 Å². The summed E-state index contributed by atoms with van der Waals surface area (Å²) in [6.45, 7) is 12.0. The van der Waals surface area contributed by atoms with Gasteiger partial charge in [-0.25, -0.2) is 9.98 Å². The van der Waals surface area contributed by atoms with Crippen LogP contribution in [-0.2, 0) is 19.5 Å². The lowest BCUT2D eigenvalue weighted by Gasteiger charge is -2.31. The second kappa shape index (κ2) is 12.1. The average Bonchev–Trinajstić information content (AvgIpc) is 3.24. The number of aryl methyl sites for hydroxylation is 2. The molecule has 0 radical (unpaired) electrons. The highest BCUT2D eigenvalue weighted by atomic mass is 32.1. The van der Waals surface area contributed by atoms with Crippen molar-refractivity contribution in [3.63, 3.8) is 0 Å². The number of likely N-dealkylation sites (tertiary alicyclic amines) is 1. The first-order valence-electron chi connectivity index (χ1n) is 11.4. The molecule has 1 fully saturated rings.